The average Bonchev–Trinajstić information content (AvgIpc) is 2.23. The fraction of sp³-hybridized carbons (Fsp3) is 0.857. The van der Waals surface area contributed by atoms with Gasteiger partial charge in [-0.1, -0.05) is 34.6 Å². The van der Waals surface area contributed by atoms with Crippen molar-refractivity contribution in [3.05, 3.63) is 0 Å². The number of carbonyl (C=O) groups is 2. The summed E-state index contributed by atoms with van der Waals surface area (Å²) in [6, 6.07) is -0.0810. The highest BCUT2D eigenvalue weighted by Crippen LogP contribution is 2.26. The van der Waals surface area contributed by atoms with Gasteiger partial charge in [-0.3, -0.25) is 4.79 Å². The molecule has 1 unspecified atom stereocenters. The molecule has 0 aromatic rings. The second-order valence-electron chi connectivity index (χ2n) is 6.59. The van der Waals surface area contributed by atoms with E-state index in [4.69, 9.17) is 5.11 Å². The Balaban J connectivity index is 2.33. The first-order valence-electron chi connectivity index (χ1n) is 6.90. The molecule has 0 bridgehead atoms. The van der Waals surface area contributed by atoms with E-state index in [9.17, 15) is 9.59 Å². The first-order valence-corrected chi connectivity index (χ1v) is 6.90. The van der Waals surface area contributed by atoms with Crippen LogP contribution in [0.2, 0.25) is 0 Å². The van der Waals surface area contributed by atoms with Crippen molar-refractivity contribution < 1.29 is 14.7 Å². The van der Waals surface area contributed by atoms with Crippen molar-refractivity contribution in [1.82, 2.24) is 10.2 Å². The molecule has 110 valence electrons. The third-order valence-electron chi connectivity index (χ3n) is 4.55. The number of likely N-dealkylation sites (tertiary alicyclic amines) is 1. The van der Waals surface area contributed by atoms with Crippen molar-refractivity contribution in [2.45, 2.75) is 34.6 Å². The van der Waals surface area contributed by atoms with Gasteiger partial charge in [0.2, 0.25) is 0 Å². The van der Waals surface area contributed by atoms with E-state index >= 15 is 0 Å². The normalized spacial score (nSPS) is 18.1. The van der Waals surface area contributed by atoms with Crippen molar-refractivity contribution in [3.8, 4) is 0 Å². The van der Waals surface area contributed by atoms with Gasteiger partial charge in [-0.25, -0.2) is 4.79 Å². The summed E-state index contributed by atoms with van der Waals surface area (Å²) in [5, 5.41) is 11.8. The van der Waals surface area contributed by atoms with Crippen LogP contribution in [0.3, 0.4) is 0 Å². The van der Waals surface area contributed by atoms with Gasteiger partial charge in [-0.15, -0.1) is 0 Å². The molecule has 1 aliphatic heterocycles. The summed E-state index contributed by atoms with van der Waals surface area (Å²) in [5.74, 6) is -0.590. The van der Waals surface area contributed by atoms with Crippen molar-refractivity contribution >= 4 is 12.0 Å². The first kappa shape index (κ1) is 15.8. The first-order chi connectivity index (χ1) is 8.65. The fourth-order valence-electron chi connectivity index (χ4n) is 1.82. The lowest BCUT2D eigenvalue weighted by Crippen LogP contribution is -2.57. The van der Waals surface area contributed by atoms with Crippen LogP contribution in [0.1, 0.15) is 34.6 Å². The molecule has 0 spiro atoms. The minimum atomic E-state index is -0.786. The number of carboxylic acids is 1. The number of carboxylic acid groups (broad SMARTS) is 1. The van der Waals surface area contributed by atoms with Crippen LogP contribution < -0.4 is 5.32 Å². The van der Waals surface area contributed by atoms with E-state index in [0.717, 1.165) is 0 Å². The number of hydrogen-bond donors (Lipinski definition) is 2. The van der Waals surface area contributed by atoms with Crippen molar-refractivity contribution in [2.24, 2.45) is 23.2 Å². The molecule has 0 aromatic heterocycles. The largest absolute Gasteiger partial charge is 0.481 e. The molecule has 0 aromatic carbocycles. The highest BCUT2D eigenvalue weighted by atomic mass is 16.4. The number of hydrogen-bond acceptors (Lipinski definition) is 2. The maximum absolute atomic E-state index is 11.9. The number of amides is 2. The standard InChI is InChI=1S/C14H26N2O3/c1-9(2)14(4,5)8-15-13(19)16-6-11(7-16)10(3)12(17)18/h9-11H,6-8H2,1-5H3,(H,15,19)(H,17,18). The molecule has 1 saturated heterocycles. The summed E-state index contributed by atoms with van der Waals surface area (Å²) in [6.07, 6.45) is 0. The van der Waals surface area contributed by atoms with Crippen LogP contribution in [0.15, 0.2) is 0 Å². The zero-order chi connectivity index (χ0) is 14.8. The Kier molecular flexibility index (Phi) is 4.82. The predicted molar refractivity (Wildman–Crippen MR) is 73.9 cm³/mol. The summed E-state index contributed by atoms with van der Waals surface area (Å²) >= 11 is 0. The second-order valence-corrected chi connectivity index (χ2v) is 6.59. The van der Waals surface area contributed by atoms with E-state index in [-0.39, 0.29) is 23.3 Å². The number of nitrogens with one attached hydrogen (secondary N) is 1. The minimum Gasteiger partial charge on any atom is -0.481 e. The van der Waals surface area contributed by atoms with Crippen LogP contribution >= 0.6 is 0 Å². The molecule has 5 nitrogen and oxygen atoms in total. The molecule has 1 heterocycles. The Hall–Kier alpha value is -1.26. The van der Waals surface area contributed by atoms with Gasteiger partial charge in [0.25, 0.3) is 0 Å². The lowest BCUT2D eigenvalue weighted by Gasteiger charge is -2.41. The molecule has 0 radical (unpaired) electrons. The lowest BCUT2D eigenvalue weighted by atomic mass is 9.81. The Morgan fingerprint density at radius 3 is 2.26 bits per heavy atom. The average molecular weight is 270 g/mol. The summed E-state index contributed by atoms with van der Waals surface area (Å²) in [7, 11) is 0. The number of nitrogens with zero attached hydrogens (tertiary/aromatic N) is 1. The van der Waals surface area contributed by atoms with E-state index in [1.165, 1.54) is 0 Å². The molecule has 0 saturated carbocycles. The van der Waals surface area contributed by atoms with Crippen LogP contribution in [-0.2, 0) is 4.79 Å². The molecule has 2 amide bonds. The van der Waals surface area contributed by atoms with Gasteiger partial charge in [0.05, 0.1) is 5.92 Å². The van der Waals surface area contributed by atoms with E-state index in [2.05, 4.69) is 33.0 Å². The second kappa shape index (κ2) is 5.80. The van der Waals surface area contributed by atoms with E-state index in [1.807, 2.05) is 0 Å². The number of rotatable bonds is 5. The van der Waals surface area contributed by atoms with Crippen LogP contribution in [0.4, 0.5) is 4.79 Å². The van der Waals surface area contributed by atoms with Gasteiger partial charge >= 0.3 is 12.0 Å². The fourth-order valence-corrected chi connectivity index (χ4v) is 1.82. The molecule has 1 rings (SSSR count). The Bertz CT molecular complexity index is 347. The van der Waals surface area contributed by atoms with E-state index in [0.29, 0.717) is 25.6 Å². The third-order valence-corrected chi connectivity index (χ3v) is 4.55. The number of carbonyl (C=O) groups excluding carboxylic acids is 1. The molecule has 1 atom stereocenters. The smallest absolute Gasteiger partial charge is 0.317 e. The highest BCUT2D eigenvalue weighted by Gasteiger charge is 2.37. The lowest BCUT2D eigenvalue weighted by molar-refractivity contribution is -0.144. The Labute approximate surface area is 115 Å². The quantitative estimate of drug-likeness (QED) is 0.803. The molecular formula is C14H26N2O3. The van der Waals surface area contributed by atoms with Gasteiger partial charge in [0, 0.05) is 25.6 Å². The maximum atomic E-state index is 11.9. The topological polar surface area (TPSA) is 69.6 Å². The molecule has 0 aliphatic carbocycles. The zero-order valence-electron chi connectivity index (χ0n) is 12.6. The van der Waals surface area contributed by atoms with Gasteiger partial charge in [0.15, 0.2) is 0 Å². The van der Waals surface area contributed by atoms with E-state index < -0.39 is 5.97 Å². The van der Waals surface area contributed by atoms with Crippen LogP contribution in [0.5, 0.6) is 0 Å². The third kappa shape index (κ3) is 3.85. The Morgan fingerprint density at radius 2 is 1.84 bits per heavy atom. The Morgan fingerprint density at radius 1 is 1.32 bits per heavy atom. The molecule has 5 heteroatoms. The maximum Gasteiger partial charge on any atom is 0.317 e. The van der Waals surface area contributed by atoms with Crippen molar-refractivity contribution in [3.63, 3.8) is 0 Å². The zero-order valence-corrected chi connectivity index (χ0v) is 12.6. The minimum absolute atomic E-state index is 0.0638. The molecule has 1 fully saturated rings. The van der Waals surface area contributed by atoms with Gasteiger partial charge in [-0.05, 0) is 11.3 Å². The summed E-state index contributed by atoms with van der Waals surface area (Å²) < 4.78 is 0. The highest BCUT2D eigenvalue weighted by molar-refractivity contribution is 5.76. The number of aliphatic carboxylic acids is 1. The SMILES string of the molecule is CC(C(=O)O)C1CN(C(=O)NCC(C)(C)C(C)C)C1. The summed E-state index contributed by atoms with van der Waals surface area (Å²) in [4.78, 5) is 24.4. The molecule has 19 heavy (non-hydrogen) atoms. The molecular weight excluding hydrogens is 244 g/mol. The van der Waals surface area contributed by atoms with Gasteiger partial charge in [0.1, 0.15) is 0 Å². The summed E-state index contributed by atoms with van der Waals surface area (Å²) in [5.41, 5.74) is 0.0638. The molecule has 2 N–H and O–H groups in total. The van der Waals surface area contributed by atoms with E-state index in [1.54, 1.807) is 11.8 Å². The van der Waals surface area contributed by atoms with Gasteiger partial charge in [-0.2, -0.15) is 0 Å². The van der Waals surface area contributed by atoms with Crippen LogP contribution in [0, 0.1) is 23.2 Å². The predicted octanol–water partition coefficient (Wildman–Crippen LogP) is 2.03. The monoisotopic (exact) mass is 270 g/mol. The van der Waals surface area contributed by atoms with Crippen LogP contribution in [-0.4, -0.2) is 41.6 Å². The van der Waals surface area contributed by atoms with Crippen molar-refractivity contribution in [1.29, 1.82) is 0 Å². The summed E-state index contributed by atoms with van der Waals surface area (Å²) in [6.45, 7) is 12.0. The number of urea groups is 1. The van der Waals surface area contributed by atoms with Crippen LogP contribution in [0.25, 0.3) is 0 Å². The van der Waals surface area contributed by atoms with Gasteiger partial charge < -0.3 is 15.3 Å². The van der Waals surface area contributed by atoms with Crippen molar-refractivity contribution in [2.75, 3.05) is 19.6 Å². The molecule has 1 aliphatic rings.